The molecular formula is C20H16N4O3S. The first-order valence-corrected chi connectivity index (χ1v) is 9.40. The van der Waals surface area contributed by atoms with Gasteiger partial charge >= 0.3 is 0 Å². The van der Waals surface area contributed by atoms with Gasteiger partial charge in [0.05, 0.1) is 9.46 Å². The number of rotatable bonds is 4. The first kappa shape index (κ1) is 17.9. The second-order valence-electron chi connectivity index (χ2n) is 6.18. The minimum Gasteiger partial charge on any atom is -0.333 e. The Morgan fingerprint density at radius 3 is 2.75 bits per heavy atom. The Kier molecular flexibility index (Phi) is 4.86. The van der Waals surface area contributed by atoms with Gasteiger partial charge in [-0.15, -0.1) is 0 Å². The summed E-state index contributed by atoms with van der Waals surface area (Å²) in [5, 5.41) is 11.0. The number of allylic oxidation sites excluding steroid dienone is 1. The van der Waals surface area contributed by atoms with Crippen molar-refractivity contribution in [3.63, 3.8) is 0 Å². The Balaban J connectivity index is 1.61. The third-order valence-corrected chi connectivity index (χ3v) is 5.38. The predicted octanol–water partition coefficient (Wildman–Crippen LogP) is 2.37. The van der Waals surface area contributed by atoms with Crippen LogP contribution in [0.3, 0.4) is 0 Å². The van der Waals surface area contributed by atoms with Crippen LogP contribution in [-0.2, 0) is 6.67 Å². The molecule has 1 aromatic heterocycles. The first-order valence-electron chi connectivity index (χ1n) is 8.59. The maximum atomic E-state index is 12.7. The lowest BCUT2D eigenvalue weighted by atomic mass is 10.2. The van der Waals surface area contributed by atoms with Gasteiger partial charge in [0.2, 0.25) is 0 Å². The largest absolute Gasteiger partial charge is 0.333 e. The van der Waals surface area contributed by atoms with Crippen LogP contribution in [0.5, 0.6) is 0 Å². The van der Waals surface area contributed by atoms with E-state index in [0.717, 1.165) is 5.56 Å². The fourth-order valence-electron chi connectivity index (χ4n) is 2.90. The van der Waals surface area contributed by atoms with Crippen molar-refractivity contribution in [2.75, 3.05) is 11.6 Å². The van der Waals surface area contributed by atoms with Crippen LogP contribution in [0.15, 0.2) is 70.5 Å². The van der Waals surface area contributed by atoms with Gasteiger partial charge < -0.3 is 4.90 Å². The number of fused-ring (bicyclic) bond motifs is 1. The number of benzene rings is 2. The molecule has 0 unspecified atom stereocenters. The average Bonchev–Trinajstić information content (AvgIpc) is 3.04. The van der Waals surface area contributed by atoms with Gasteiger partial charge in [-0.1, -0.05) is 59.9 Å². The fourth-order valence-corrected chi connectivity index (χ4v) is 3.82. The number of nitrogens with zero attached hydrogens (tertiary/aromatic N) is 4. The molecule has 2 aromatic carbocycles. The average molecular weight is 392 g/mol. The highest BCUT2D eigenvalue weighted by Crippen LogP contribution is 2.21. The third-order valence-electron chi connectivity index (χ3n) is 4.32. The van der Waals surface area contributed by atoms with Gasteiger partial charge in [0.1, 0.15) is 13.3 Å². The minimum absolute atomic E-state index is 0.0148. The molecule has 0 amide bonds. The molecule has 7 nitrogen and oxygen atoms in total. The van der Waals surface area contributed by atoms with E-state index in [2.05, 4.69) is 4.99 Å². The van der Waals surface area contributed by atoms with Crippen LogP contribution < -0.4 is 19.8 Å². The highest BCUT2D eigenvalue weighted by molar-refractivity contribution is 7.07. The normalized spacial score (nSPS) is 14.1. The molecule has 0 spiro atoms. The molecular weight excluding hydrogens is 376 g/mol. The maximum Gasteiger partial charge on any atom is 0.271 e. The van der Waals surface area contributed by atoms with E-state index >= 15 is 0 Å². The number of nitro groups is 1. The van der Waals surface area contributed by atoms with Crippen LogP contribution in [0.2, 0.25) is 0 Å². The molecule has 8 heteroatoms. The van der Waals surface area contributed by atoms with Gasteiger partial charge in [-0.05, 0) is 17.7 Å². The fraction of sp³-hybridized carbons (Fsp3) is 0.100. The summed E-state index contributed by atoms with van der Waals surface area (Å²) in [5.74, 6) is 0. The quantitative estimate of drug-likeness (QED) is 0.504. The summed E-state index contributed by atoms with van der Waals surface area (Å²) in [6.07, 6.45) is 5.58. The molecule has 0 fully saturated rings. The Morgan fingerprint density at radius 1 is 1.14 bits per heavy atom. The van der Waals surface area contributed by atoms with Gasteiger partial charge in [0, 0.05) is 17.8 Å². The molecule has 0 N–H and O–H groups in total. The molecule has 140 valence electrons. The zero-order valence-electron chi connectivity index (χ0n) is 14.8. The monoisotopic (exact) mass is 392 g/mol. The Bertz CT molecular complexity index is 1230. The van der Waals surface area contributed by atoms with E-state index in [1.807, 2.05) is 47.4 Å². The number of thiazole rings is 1. The van der Waals surface area contributed by atoms with Crippen molar-refractivity contribution in [2.45, 2.75) is 6.67 Å². The van der Waals surface area contributed by atoms with Gasteiger partial charge in [-0.25, -0.2) is 4.99 Å². The van der Waals surface area contributed by atoms with Crippen LogP contribution in [-0.4, -0.2) is 16.2 Å². The lowest BCUT2D eigenvalue weighted by molar-refractivity contribution is -0.384. The Hall–Kier alpha value is -3.52. The molecule has 1 aliphatic heterocycles. The molecule has 4 rings (SSSR count). The molecule has 0 aliphatic carbocycles. The van der Waals surface area contributed by atoms with E-state index in [9.17, 15) is 14.9 Å². The van der Waals surface area contributed by atoms with Crippen LogP contribution in [0.1, 0.15) is 5.56 Å². The van der Waals surface area contributed by atoms with E-state index in [1.54, 1.807) is 22.8 Å². The molecule has 0 bridgehead atoms. The maximum absolute atomic E-state index is 12.7. The standard InChI is InChI=1S/C20H16N4O3S/c25-19-18(11-4-8-15-6-2-1-3-7-15)28-20-21-13-22(14-23(19)20)16-9-5-10-17(12-16)24(26)27/h1-12H,13-14H2/b8-4+,18-11-. The van der Waals surface area contributed by atoms with Crippen molar-refractivity contribution < 1.29 is 4.92 Å². The zero-order chi connectivity index (χ0) is 19.5. The van der Waals surface area contributed by atoms with E-state index in [-0.39, 0.29) is 11.2 Å². The topological polar surface area (TPSA) is 80.7 Å². The van der Waals surface area contributed by atoms with Crippen LogP contribution in [0.25, 0.3) is 12.2 Å². The molecule has 3 aromatic rings. The summed E-state index contributed by atoms with van der Waals surface area (Å²) < 4.78 is 2.20. The van der Waals surface area contributed by atoms with Gasteiger partial charge in [-0.2, -0.15) is 0 Å². The van der Waals surface area contributed by atoms with Crippen molar-refractivity contribution in [1.82, 2.24) is 4.57 Å². The summed E-state index contributed by atoms with van der Waals surface area (Å²) in [5.41, 5.74) is 1.62. The number of non-ortho nitro benzene ring substituents is 1. The van der Waals surface area contributed by atoms with Crippen LogP contribution in [0.4, 0.5) is 11.4 Å². The zero-order valence-corrected chi connectivity index (χ0v) is 15.6. The summed E-state index contributed by atoms with van der Waals surface area (Å²) in [6.45, 7) is 0.659. The smallest absolute Gasteiger partial charge is 0.271 e. The first-order chi connectivity index (χ1) is 13.6. The number of hydrogen-bond acceptors (Lipinski definition) is 6. The van der Waals surface area contributed by atoms with Crippen molar-refractivity contribution in [1.29, 1.82) is 0 Å². The van der Waals surface area contributed by atoms with Crippen molar-refractivity contribution in [3.05, 3.63) is 96.0 Å². The van der Waals surface area contributed by atoms with Gasteiger partial charge in [0.25, 0.3) is 11.2 Å². The Labute approximate surface area is 164 Å². The molecule has 1 aliphatic rings. The SMILES string of the molecule is O=c1/c(=C/C=C/c2ccccc2)sc2n1CN(c1cccc([N+](=O)[O-])c1)CN=2. The van der Waals surface area contributed by atoms with Gasteiger partial charge in [0.15, 0.2) is 4.80 Å². The van der Waals surface area contributed by atoms with E-state index in [0.29, 0.717) is 28.4 Å². The second-order valence-corrected chi connectivity index (χ2v) is 7.19. The molecule has 28 heavy (non-hydrogen) atoms. The summed E-state index contributed by atoms with van der Waals surface area (Å²) >= 11 is 1.34. The summed E-state index contributed by atoms with van der Waals surface area (Å²) in [6, 6.07) is 16.2. The van der Waals surface area contributed by atoms with Crippen molar-refractivity contribution in [3.8, 4) is 0 Å². The van der Waals surface area contributed by atoms with E-state index in [1.165, 1.54) is 23.5 Å². The molecule has 2 heterocycles. The van der Waals surface area contributed by atoms with Crippen molar-refractivity contribution >= 4 is 34.9 Å². The molecule has 0 saturated heterocycles. The van der Waals surface area contributed by atoms with Gasteiger partial charge in [-0.3, -0.25) is 19.5 Å². The molecule has 0 saturated carbocycles. The number of aromatic nitrogens is 1. The minimum atomic E-state index is -0.432. The van der Waals surface area contributed by atoms with Crippen LogP contribution in [0, 0.1) is 10.1 Å². The molecule has 0 radical (unpaired) electrons. The second kappa shape index (κ2) is 7.61. The highest BCUT2D eigenvalue weighted by atomic mass is 32.1. The van der Waals surface area contributed by atoms with Crippen molar-refractivity contribution in [2.24, 2.45) is 4.99 Å². The predicted molar refractivity (Wildman–Crippen MR) is 110 cm³/mol. The summed E-state index contributed by atoms with van der Waals surface area (Å²) in [4.78, 5) is 30.2. The lowest BCUT2D eigenvalue weighted by Crippen LogP contribution is -2.42. The van der Waals surface area contributed by atoms with E-state index in [4.69, 9.17) is 0 Å². The number of nitro benzene ring substituents is 1. The number of hydrogen-bond donors (Lipinski definition) is 0. The highest BCUT2D eigenvalue weighted by Gasteiger charge is 2.17. The molecule has 0 atom stereocenters. The third kappa shape index (κ3) is 3.63. The summed E-state index contributed by atoms with van der Waals surface area (Å²) in [7, 11) is 0. The lowest BCUT2D eigenvalue weighted by Gasteiger charge is -2.25. The Morgan fingerprint density at radius 2 is 1.96 bits per heavy atom. The number of anilines is 1. The van der Waals surface area contributed by atoms with E-state index < -0.39 is 4.92 Å². The van der Waals surface area contributed by atoms with Crippen LogP contribution >= 0.6 is 11.3 Å².